The lowest BCUT2D eigenvalue weighted by molar-refractivity contribution is -0.152. The first-order valence-corrected chi connectivity index (χ1v) is 9.64. The predicted molar refractivity (Wildman–Crippen MR) is 107 cm³/mol. The van der Waals surface area contributed by atoms with Gasteiger partial charge in [-0.25, -0.2) is 9.78 Å². The minimum absolute atomic E-state index is 0.0739. The largest absolute Gasteiger partial charge is 0.455 e. The smallest absolute Gasteiger partial charge is 0.451 e. The van der Waals surface area contributed by atoms with E-state index in [2.05, 4.69) is 30.3 Å². The van der Waals surface area contributed by atoms with Crippen molar-refractivity contribution in [3.8, 4) is 0 Å². The summed E-state index contributed by atoms with van der Waals surface area (Å²) in [5, 5.41) is 8.29. The third-order valence-corrected chi connectivity index (χ3v) is 4.86. The summed E-state index contributed by atoms with van der Waals surface area (Å²) in [6, 6.07) is 2.33. The van der Waals surface area contributed by atoms with Crippen molar-refractivity contribution in [1.29, 1.82) is 0 Å². The van der Waals surface area contributed by atoms with E-state index in [1.54, 1.807) is 6.20 Å². The summed E-state index contributed by atoms with van der Waals surface area (Å²) in [4.78, 5) is 22.7. The van der Waals surface area contributed by atoms with E-state index in [1.807, 2.05) is 25.1 Å². The quantitative estimate of drug-likeness (QED) is 0.669. The Morgan fingerprint density at radius 3 is 2.50 bits per heavy atom. The molecule has 1 saturated carbocycles. The summed E-state index contributed by atoms with van der Waals surface area (Å²) in [5.41, 5.74) is -0.384. The standard InChI is InChI=1S/C19H25F3N6O2/c1-11-10-14(16(30-11)19(20,21)22)26-18(29)25-13-6-4-12(5-7-13)24-17-23-9-8-15(27-17)28(2)3/h8-10,12-13H,4-7H2,1-3H3,(H,23,24,27)(H2,25,26,29). The zero-order valence-electron chi connectivity index (χ0n) is 17.0. The molecule has 30 heavy (non-hydrogen) atoms. The van der Waals surface area contributed by atoms with Crippen molar-refractivity contribution >= 4 is 23.5 Å². The second-order valence-electron chi connectivity index (χ2n) is 7.52. The van der Waals surface area contributed by atoms with E-state index >= 15 is 0 Å². The van der Waals surface area contributed by atoms with Crippen molar-refractivity contribution < 1.29 is 22.4 Å². The van der Waals surface area contributed by atoms with Gasteiger partial charge in [0.15, 0.2) is 0 Å². The van der Waals surface area contributed by atoms with Crippen LogP contribution in [0.4, 0.5) is 35.4 Å². The molecule has 2 aromatic heterocycles. The number of urea groups is 1. The lowest BCUT2D eigenvalue weighted by Gasteiger charge is -2.29. The molecule has 1 fully saturated rings. The minimum atomic E-state index is -4.67. The molecule has 3 rings (SSSR count). The summed E-state index contributed by atoms with van der Waals surface area (Å²) in [6.45, 7) is 1.39. The van der Waals surface area contributed by atoms with E-state index in [0.29, 0.717) is 18.8 Å². The van der Waals surface area contributed by atoms with Gasteiger partial charge in [-0.2, -0.15) is 18.2 Å². The molecule has 2 aromatic rings. The molecular formula is C19H25F3N6O2. The Bertz CT molecular complexity index is 875. The van der Waals surface area contributed by atoms with Gasteiger partial charge < -0.3 is 25.3 Å². The lowest BCUT2D eigenvalue weighted by Crippen LogP contribution is -2.42. The molecule has 0 bridgehead atoms. The van der Waals surface area contributed by atoms with Gasteiger partial charge in [0, 0.05) is 38.4 Å². The maximum Gasteiger partial charge on any atom is 0.451 e. The Labute approximate surface area is 172 Å². The summed E-state index contributed by atoms with van der Waals surface area (Å²) >= 11 is 0. The topological polar surface area (TPSA) is 95.3 Å². The average Bonchev–Trinajstić information content (AvgIpc) is 3.04. The van der Waals surface area contributed by atoms with Gasteiger partial charge in [0.25, 0.3) is 0 Å². The highest BCUT2D eigenvalue weighted by atomic mass is 19.4. The number of aryl methyl sites for hydroxylation is 1. The molecule has 0 radical (unpaired) electrons. The fourth-order valence-corrected chi connectivity index (χ4v) is 3.39. The highest BCUT2D eigenvalue weighted by Crippen LogP contribution is 2.37. The van der Waals surface area contributed by atoms with Crippen molar-refractivity contribution in [1.82, 2.24) is 15.3 Å². The zero-order valence-corrected chi connectivity index (χ0v) is 17.0. The molecule has 2 amide bonds. The number of halogens is 3. The molecule has 1 aliphatic rings. The van der Waals surface area contributed by atoms with Gasteiger partial charge in [-0.1, -0.05) is 0 Å². The normalized spacial score (nSPS) is 19.3. The van der Waals surface area contributed by atoms with Crippen LogP contribution in [0.5, 0.6) is 0 Å². The van der Waals surface area contributed by atoms with Crippen molar-refractivity contribution in [2.45, 2.75) is 50.9 Å². The Morgan fingerprint density at radius 2 is 1.87 bits per heavy atom. The number of hydrogen-bond acceptors (Lipinski definition) is 6. The number of carbonyl (C=O) groups is 1. The number of alkyl halides is 3. The maximum absolute atomic E-state index is 13.0. The van der Waals surface area contributed by atoms with Crippen molar-refractivity contribution in [2.24, 2.45) is 0 Å². The van der Waals surface area contributed by atoms with E-state index in [1.165, 1.54) is 6.92 Å². The van der Waals surface area contributed by atoms with Gasteiger partial charge >= 0.3 is 12.2 Å². The molecule has 11 heteroatoms. The lowest BCUT2D eigenvalue weighted by atomic mass is 9.91. The molecule has 1 aliphatic carbocycles. The Morgan fingerprint density at radius 1 is 1.20 bits per heavy atom. The molecule has 3 N–H and O–H groups in total. The van der Waals surface area contributed by atoms with E-state index in [4.69, 9.17) is 0 Å². The Hall–Kier alpha value is -2.98. The van der Waals surface area contributed by atoms with Crippen LogP contribution in [-0.2, 0) is 6.18 Å². The number of nitrogens with one attached hydrogen (secondary N) is 3. The molecule has 0 unspecified atom stereocenters. The Balaban J connectivity index is 1.49. The first-order valence-electron chi connectivity index (χ1n) is 9.64. The number of amides is 2. The third kappa shape index (κ3) is 5.55. The Kier molecular flexibility index (Phi) is 6.37. The van der Waals surface area contributed by atoms with Crippen LogP contribution >= 0.6 is 0 Å². The van der Waals surface area contributed by atoms with Crippen LogP contribution in [0.3, 0.4) is 0 Å². The highest BCUT2D eigenvalue weighted by Gasteiger charge is 2.38. The molecule has 0 saturated heterocycles. The summed E-state index contributed by atoms with van der Waals surface area (Å²) in [6.07, 6.45) is -0.0518. The van der Waals surface area contributed by atoms with Gasteiger partial charge in [0.2, 0.25) is 11.7 Å². The fraction of sp³-hybridized carbons (Fsp3) is 0.526. The van der Waals surface area contributed by atoms with Gasteiger partial charge in [-0.05, 0) is 38.7 Å². The van der Waals surface area contributed by atoms with Crippen LogP contribution < -0.4 is 20.9 Å². The van der Waals surface area contributed by atoms with Gasteiger partial charge in [0.1, 0.15) is 11.6 Å². The minimum Gasteiger partial charge on any atom is -0.455 e. The van der Waals surface area contributed by atoms with Crippen LogP contribution in [0.25, 0.3) is 0 Å². The number of aromatic nitrogens is 2. The van der Waals surface area contributed by atoms with Gasteiger partial charge in [-0.15, -0.1) is 0 Å². The molecule has 0 aliphatic heterocycles. The van der Waals surface area contributed by atoms with Crippen molar-refractivity contribution in [2.75, 3.05) is 29.6 Å². The number of anilines is 3. The number of rotatable bonds is 5. The first kappa shape index (κ1) is 21.7. The van der Waals surface area contributed by atoms with Crippen molar-refractivity contribution in [3.63, 3.8) is 0 Å². The molecule has 0 atom stereocenters. The summed E-state index contributed by atoms with van der Waals surface area (Å²) in [5.74, 6) is 0.213. The average molecular weight is 426 g/mol. The molecule has 0 spiro atoms. The summed E-state index contributed by atoms with van der Waals surface area (Å²) < 4.78 is 43.6. The summed E-state index contributed by atoms with van der Waals surface area (Å²) in [7, 11) is 3.80. The molecule has 8 nitrogen and oxygen atoms in total. The second kappa shape index (κ2) is 8.80. The number of hydrogen-bond donors (Lipinski definition) is 3. The predicted octanol–water partition coefficient (Wildman–Crippen LogP) is 4.01. The molecular weight excluding hydrogens is 401 g/mol. The van der Waals surface area contributed by atoms with Crippen LogP contribution in [0.15, 0.2) is 22.7 Å². The third-order valence-electron chi connectivity index (χ3n) is 4.86. The number of furan rings is 1. The highest BCUT2D eigenvalue weighted by molar-refractivity contribution is 5.90. The molecule has 164 valence electrons. The second-order valence-corrected chi connectivity index (χ2v) is 7.52. The van der Waals surface area contributed by atoms with Gasteiger partial charge in [-0.3, -0.25) is 0 Å². The fourth-order valence-electron chi connectivity index (χ4n) is 3.39. The van der Waals surface area contributed by atoms with E-state index < -0.39 is 18.0 Å². The first-order chi connectivity index (χ1) is 14.1. The van der Waals surface area contributed by atoms with Crippen LogP contribution in [0, 0.1) is 6.92 Å². The van der Waals surface area contributed by atoms with Crippen LogP contribution in [0.2, 0.25) is 0 Å². The zero-order chi connectivity index (χ0) is 21.9. The van der Waals surface area contributed by atoms with Crippen LogP contribution in [0.1, 0.15) is 37.2 Å². The van der Waals surface area contributed by atoms with Gasteiger partial charge in [0.05, 0.1) is 5.69 Å². The van der Waals surface area contributed by atoms with Crippen LogP contribution in [-0.4, -0.2) is 42.2 Å². The van der Waals surface area contributed by atoms with E-state index in [0.717, 1.165) is 24.7 Å². The monoisotopic (exact) mass is 426 g/mol. The number of carbonyl (C=O) groups excluding carboxylic acids is 1. The molecule has 2 heterocycles. The number of nitrogens with zero attached hydrogens (tertiary/aromatic N) is 3. The van der Waals surface area contributed by atoms with Crippen molar-refractivity contribution in [3.05, 3.63) is 29.9 Å². The molecule has 0 aromatic carbocycles. The van der Waals surface area contributed by atoms with E-state index in [9.17, 15) is 18.0 Å². The van der Waals surface area contributed by atoms with E-state index in [-0.39, 0.29) is 23.5 Å². The maximum atomic E-state index is 13.0. The SMILES string of the molecule is Cc1cc(NC(=O)NC2CCC(Nc3nccc(N(C)C)n3)CC2)c(C(F)(F)F)o1.